The van der Waals surface area contributed by atoms with E-state index in [4.69, 9.17) is 9.47 Å². The Hall–Kier alpha value is -3.30. The van der Waals surface area contributed by atoms with Gasteiger partial charge in [-0.3, -0.25) is 14.4 Å². The Morgan fingerprint density at radius 1 is 0.889 bits per heavy atom. The molecule has 1 aromatic carbocycles. The summed E-state index contributed by atoms with van der Waals surface area (Å²) in [6.07, 6.45) is 0.596. The molecular weight excluding hydrogens is 464 g/mol. The molecule has 10 heteroatoms. The highest BCUT2D eigenvalue weighted by molar-refractivity contribution is 6.38. The number of rotatable bonds is 13. The fourth-order valence-electron chi connectivity index (χ4n) is 3.28. The fourth-order valence-corrected chi connectivity index (χ4v) is 3.28. The second-order valence-electron chi connectivity index (χ2n) is 10.3. The third kappa shape index (κ3) is 11.0. The van der Waals surface area contributed by atoms with Gasteiger partial charge in [0.25, 0.3) is 5.91 Å². The summed E-state index contributed by atoms with van der Waals surface area (Å²) in [4.78, 5) is 50.6. The maximum Gasteiger partial charge on any atom is 0.315 e. The molecule has 0 aliphatic heterocycles. The number of hydrogen-bond donors (Lipinski definition) is 4. The number of nitrogens with one attached hydrogen (secondary N) is 4. The monoisotopic (exact) mass is 506 g/mol. The largest absolute Gasteiger partial charge is 0.497 e. The van der Waals surface area contributed by atoms with Crippen LogP contribution in [0.1, 0.15) is 59.9 Å². The molecule has 2 atom stereocenters. The van der Waals surface area contributed by atoms with Crippen LogP contribution in [0.5, 0.6) is 11.5 Å². The summed E-state index contributed by atoms with van der Waals surface area (Å²) in [5.74, 6) is -0.873. The van der Waals surface area contributed by atoms with Crippen LogP contribution in [0.2, 0.25) is 0 Å². The molecule has 0 saturated heterocycles. The lowest BCUT2D eigenvalue weighted by atomic mass is 9.97. The molecule has 0 saturated carbocycles. The van der Waals surface area contributed by atoms with Gasteiger partial charge >= 0.3 is 6.03 Å². The Kier molecular flexibility index (Phi) is 12.2. The Morgan fingerprint density at radius 3 is 1.94 bits per heavy atom. The number of methoxy groups -OCH3 is 2. The molecule has 4 amide bonds. The van der Waals surface area contributed by atoms with E-state index >= 15 is 0 Å². The number of carbonyl (C=O) groups is 4. The van der Waals surface area contributed by atoms with E-state index in [1.807, 2.05) is 34.6 Å². The van der Waals surface area contributed by atoms with E-state index in [2.05, 4.69) is 21.3 Å². The van der Waals surface area contributed by atoms with Crippen LogP contribution in [0.3, 0.4) is 0 Å². The highest BCUT2D eigenvalue weighted by atomic mass is 16.5. The molecular formula is C26H42N4O6. The van der Waals surface area contributed by atoms with Gasteiger partial charge in [0.2, 0.25) is 11.7 Å². The van der Waals surface area contributed by atoms with Crippen molar-refractivity contribution in [3.8, 4) is 11.5 Å². The Morgan fingerprint density at radius 2 is 1.47 bits per heavy atom. The van der Waals surface area contributed by atoms with Gasteiger partial charge in [0, 0.05) is 19.2 Å². The minimum absolute atomic E-state index is 0.0774. The Labute approximate surface area is 214 Å². The summed E-state index contributed by atoms with van der Waals surface area (Å²) in [6.45, 7) is 12.0. The minimum atomic E-state index is -1.02. The standard InChI is InChI=1S/C26H42N4O6/c1-9-20(22(31)24(33)27-14-17-11-18(35-7)13-19(12-17)36-8)29-23(32)21(10-16(2)3)30-25(34)28-15-26(4,5)6/h11-13,16,20-21H,9-10,14-15H2,1-8H3,(H,27,33)(H,29,32)(H2,28,30,34)/t20?,21-/m0/s1. The minimum Gasteiger partial charge on any atom is -0.497 e. The number of Topliss-reactive ketones (excluding diaryl/α,β-unsaturated/α-hetero) is 1. The van der Waals surface area contributed by atoms with E-state index in [1.165, 1.54) is 14.2 Å². The molecule has 4 N–H and O–H groups in total. The molecule has 0 aliphatic carbocycles. The van der Waals surface area contributed by atoms with Crippen molar-refractivity contribution in [2.24, 2.45) is 11.3 Å². The number of amides is 4. The first-order valence-electron chi connectivity index (χ1n) is 12.2. The van der Waals surface area contributed by atoms with Crippen molar-refractivity contribution >= 4 is 23.6 Å². The van der Waals surface area contributed by atoms with Crippen LogP contribution in [0.25, 0.3) is 0 Å². The molecule has 202 valence electrons. The first-order chi connectivity index (χ1) is 16.8. The van der Waals surface area contributed by atoms with Crippen LogP contribution in [0.4, 0.5) is 4.79 Å². The summed E-state index contributed by atoms with van der Waals surface area (Å²) >= 11 is 0. The molecule has 0 aromatic heterocycles. The quantitative estimate of drug-likeness (QED) is 0.304. The van der Waals surface area contributed by atoms with Crippen LogP contribution in [-0.4, -0.2) is 56.5 Å². The molecule has 0 bridgehead atoms. The van der Waals surface area contributed by atoms with E-state index in [9.17, 15) is 19.2 Å². The van der Waals surface area contributed by atoms with Crippen molar-refractivity contribution in [3.05, 3.63) is 23.8 Å². The summed E-state index contributed by atoms with van der Waals surface area (Å²) < 4.78 is 10.4. The molecule has 0 aliphatic rings. The van der Waals surface area contributed by atoms with Crippen LogP contribution >= 0.6 is 0 Å². The number of urea groups is 1. The fraction of sp³-hybridized carbons (Fsp3) is 0.615. The van der Waals surface area contributed by atoms with E-state index in [-0.39, 0.29) is 24.3 Å². The summed E-state index contributed by atoms with van der Waals surface area (Å²) in [6, 6.07) is 2.81. The smallest absolute Gasteiger partial charge is 0.315 e. The van der Waals surface area contributed by atoms with E-state index in [0.29, 0.717) is 30.0 Å². The molecule has 0 fully saturated rings. The molecule has 10 nitrogen and oxygen atoms in total. The highest BCUT2D eigenvalue weighted by Gasteiger charge is 2.29. The summed E-state index contributed by atoms with van der Waals surface area (Å²) in [5.41, 5.74) is 0.572. The predicted molar refractivity (Wildman–Crippen MR) is 138 cm³/mol. The third-order valence-corrected chi connectivity index (χ3v) is 5.24. The Bertz CT molecular complexity index is 888. The maximum absolute atomic E-state index is 13.0. The summed E-state index contributed by atoms with van der Waals surface area (Å²) in [5, 5.41) is 10.7. The molecule has 1 aromatic rings. The molecule has 0 heterocycles. The number of hydrogen-bond acceptors (Lipinski definition) is 6. The van der Waals surface area contributed by atoms with Crippen molar-refractivity contribution in [3.63, 3.8) is 0 Å². The van der Waals surface area contributed by atoms with Crippen LogP contribution < -0.4 is 30.7 Å². The second-order valence-corrected chi connectivity index (χ2v) is 10.3. The highest BCUT2D eigenvalue weighted by Crippen LogP contribution is 2.22. The van der Waals surface area contributed by atoms with E-state index < -0.39 is 35.7 Å². The second kappa shape index (κ2) is 14.3. The molecule has 36 heavy (non-hydrogen) atoms. The van der Waals surface area contributed by atoms with Crippen LogP contribution in [0, 0.1) is 11.3 Å². The van der Waals surface area contributed by atoms with Gasteiger partial charge in [-0.05, 0) is 41.9 Å². The lowest BCUT2D eigenvalue weighted by Crippen LogP contribution is -2.55. The van der Waals surface area contributed by atoms with Gasteiger partial charge < -0.3 is 30.7 Å². The molecule has 0 spiro atoms. The first-order valence-corrected chi connectivity index (χ1v) is 12.2. The van der Waals surface area contributed by atoms with Crippen molar-refractivity contribution in [2.45, 2.75) is 73.0 Å². The average molecular weight is 507 g/mol. The number of carbonyl (C=O) groups excluding carboxylic acids is 4. The van der Waals surface area contributed by atoms with E-state index in [0.717, 1.165) is 0 Å². The lowest BCUT2D eigenvalue weighted by Gasteiger charge is -2.24. The molecule has 0 radical (unpaired) electrons. The SMILES string of the molecule is CCC(NC(=O)[C@H](CC(C)C)NC(=O)NCC(C)(C)C)C(=O)C(=O)NCc1cc(OC)cc(OC)c1. The molecule has 1 unspecified atom stereocenters. The van der Waals surface area contributed by atoms with E-state index in [1.54, 1.807) is 25.1 Å². The van der Waals surface area contributed by atoms with Gasteiger partial charge in [-0.15, -0.1) is 0 Å². The van der Waals surface area contributed by atoms with Gasteiger partial charge in [0.15, 0.2) is 0 Å². The van der Waals surface area contributed by atoms with Crippen molar-refractivity contribution < 1.29 is 28.7 Å². The zero-order valence-electron chi connectivity index (χ0n) is 22.7. The number of ether oxygens (including phenoxy) is 2. The normalized spacial score (nSPS) is 12.8. The topological polar surface area (TPSA) is 135 Å². The zero-order valence-corrected chi connectivity index (χ0v) is 22.7. The van der Waals surface area contributed by atoms with Gasteiger partial charge in [0.05, 0.1) is 20.3 Å². The van der Waals surface area contributed by atoms with Gasteiger partial charge in [-0.1, -0.05) is 41.5 Å². The van der Waals surface area contributed by atoms with Crippen LogP contribution in [0.15, 0.2) is 18.2 Å². The third-order valence-electron chi connectivity index (χ3n) is 5.24. The summed E-state index contributed by atoms with van der Waals surface area (Å²) in [7, 11) is 3.04. The zero-order chi connectivity index (χ0) is 27.5. The molecule has 1 rings (SSSR count). The van der Waals surface area contributed by atoms with Crippen molar-refractivity contribution in [1.29, 1.82) is 0 Å². The number of ketones is 1. The Balaban J connectivity index is 2.81. The van der Waals surface area contributed by atoms with Gasteiger partial charge in [-0.25, -0.2) is 4.79 Å². The maximum atomic E-state index is 13.0. The first kappa shape index (κ1) is 30.7. The van der Waals surface area contributed by atoms with Crippen molar-refractivity contribution in [2.75, 3.05) is 20.8 Å². The predicted octanol–water partition coefficient (Wildman–Crippen LogP) is 2.54. The average Bonchev–Trinajstić information content (AvgIpc) is 2.82. The number of benzene rings is 1. The van der Waals surface area contributed by atoms with Crippen LogP contribution in [-0.2, 0) is 20.9 Å². The van der Waals surface area contributed by atoms with Gasteiger partial charge in [-0.2, -0.15) is 0 Å². The van der Waals surface area contributed by atoms with Crippen molar-refractivity contribution in [1.82, 2.24) is 21.3 Å². The van der Waals surface area contributed by atoms with Gasteiger partial charge in [0.1, 0.15) is 17.5 Å². The lowest BCUT2D eigenvalue weighted by molar-refractivity contribution is -0.140.